The quantitative estimate of drug-likeness (QED) is 0.389. The van der Waals surface area contributed by atoms with Gasteiger partial charge in [-0.15, -0.1) is 0 Å². The fourth-order valence-corrected chi connectivity index (χ4v) is 0.672. The van der Waals surface area contributed by atoms with Crippen LogP contribution in [0.2, 0.25) is 0 Å². The van der Waals surface area contributed by atoms with Gasteiger partial charge >= 0.3 is 0 Å². The number of carbonyl (C=O) groups excluding carboxylic acids is 3. The molecule has 15 heavy (non-hydrogen) atoms. The number of hydrogen-bond donors (Lipinski definition) is 3. The Bertz CT molecular complexity index is 263. The highest BCUT2D eigenvalue weighted by Gasteiger charge is 2.22. The smallest absolute Gasteiger partial charge is 0.240 e. The lowest BCUT2D eigenvalue weighted by molar-refractivity contribution is -0.326. The summed E-state index contributed by atoms with van der Waals surface area (Å²) in [6.45, 7) is 1.19. The number of aliphatic hydroxyl groups is 1. The zero-order valence-corrected chi connectivity index (χ0v) is 7.80. The van der Waals surface area contributed by atoms with Gasteiger partial charge in [-0.1, -0.05) is 0 Å². The molecule has 0 heterocycles. The first-order valence-electron chi connectivity index (χ1n) is 3.93. The molecule has 8 nitrogen and oxygen atoms in total. The van der Waals surface area contributed by atoms with Crippen molar-refractivity contribution in [3.63, 3.8) is 0 Å². The number of hydrogen-bond acceptors (Lipinski definition) is 7. The minimum Gasteiger partial charge on any atom is -0.547 e. The molecule has 0 fully saturated rings. The lowest BCUT2D eigenvalue weighted by Gasteiger charge is -2.23. The normalized spacial score (nSPS) is 14.4. The largest absolute Gasteiger partial charge is 0.547 e. The first-order valence-corrected chi connectivity index (χ1v) is 3.93. The lowest BCUT2D eigenvalue weighted by atomic mass is 10.1. The summed E-state index contributed by atoms with van der Waals surface area (Å²) in [5.41, 5.74) is 5.12. The molecule has 0 spiro atoms. The highest BCUT2D eigenvalue weighted by Crippen LogP contribution is 1.90. The van der Waals surface area contributed by atoms with Crippen LogP contribution in [-0.4, -0.2) is 41.1 Å². The lowest BCUT2D eigenvalue weighted by Crippen LogP contribution is -2.60. The maximum atomic E-state index is 11.0. The molecular formula is C7H10N2O6-2. The van der Waals surface area contributed by atoms with Crippen LogP contribution in [-0.2, 0) is 14.4 Å². The second-order valence-corrected chi connectivity index (χ2v) is 2.85. The maximum Gasteiger partial charge on any atom is 0.240 e. The Balaban J connectivity index is 4.49. The molecule has 0 radical (unpaired) electrons. The van der Waals surface area contributed by atoms with Crippen molar-refractivity contribution in [1.29, 1.82) is 0 Å². The van der Waals surface area contributed by atoms with E-state index in [0.29, 0.717) is 0 Å². The van der Waals surface area contributed by atoms with Crippen molar-refractivity contribution >= 4 is 17.8 Å². The number of nitrogens with one attached hydrogen (secondary N) is 1. The monoisotopic (exact) mass is 218 g/mol. The van der Waals surface area contributed by atoms with Crippen molar-refractivity contribution in [1.82, 2.24) is 5.32 Å². The molecule has 8 heteroatoms. The van der Waals surface area contributed by atoms with Gasteiger partial charge in [0.2, 0.25) is 5.91 Å². The third kappa shape index (κ3) is 3.92. The molecule has 0 aromatic rings. The summed E-state index contributed by atoms with van der Waals surface area (Å²) in [5, 5.41) is 30.9. The third-order valence-electron chi connectivity index (χ3n) is 1.58. The molecule has 0 bridgehead atoms. The van der Waals surface area contributed by atoms with Gasteiger partial charge in [-0.25, -0.2) is 0 Å². The first kappa shape index (κ1) is 13.3. The molecule has 0 aliphatic carbocycles. The number of aliphatic hydroxyl groups excluding tert-OH is 1. The predicted molar refractivity (Wildman–Crippen MR) is 41.6 cm³/mol. The van der Waals surface area contributed by atoms with Crippen LogP contribution in [0.1, 0.15) is 6.92 Å². The van der Waals surface area contributed by atoms with E-state index in [0.717, 1.165) is 0 Å². The number of carboxylic acid groups (broad SMARTS) is 2. The number of rotatable bonds is 5. The van der Waals surface area contributed by atoms with E-state index in [1.807, 2.05) is 0 Å². The Morgan fingerprint density at radius 1 is 1.27 bits per heavy atom. The van der Waals surface area contributed by atoms with Crippen molar-refractivity contribution in [3.8, 4) is 0 Å². The van der Waals surface area contributed by atoms with Gasteiger partial charge < -0.3 is 36.0 Å². The van der Waals surface area contributed by atoms with Crippen LogP contribution >= 0.6 is 0 Å². The average molecular weight is 218 g/mol. The molecule has 0 unspecified atom stereocenters. The van der Waals surface area contributed by atoms with E-state index in [-0.39, 0.29) is 0 Å². The van der Waals surface area contributed by atoms with Crippen molar-refractivity contribution < 1.29 is 29.7 Å². The number of carbonyl (C=O) groups is 3. The van der Waals surface area contributed by atoms with Crippen LogP contribution in [0.5, 0.6) is 0 Å². The maximum absolute atomic E-state index is 11.0. The number of aliphatic carboxylic acids is 2. The fourth-order valence-electron chi connectivity index (χ4n) is 0.672. The number of amides is 1. The van der Waals surface area contributed by atoms with Gasteiger partial charge in [0, 0.05) is 0 Å². The van der Waals surface area contributed by atoms with E-state index in [1.54, 1.807) is 5.32 Å². The van der Waals surface area contributed by atoms with E-state index < -0.39 is 36.0 Å². The van der Waals surface area contributed by atoms with E-state index in [1.165, 1.54) is 6.92 Å². The Hall–Kier alpha value is -1.67. The fraction of sp³-hybridized carbons (Fsp3) is 0.571. The van der Waals surface area contributed by atoms with E-state index in [9.17, 15) is 24.6 Å². The van der Waals surface area contributed by atoms with Gasteiger partial charge in [0.05, 0.1) is 18.0 Å². The SMILES string of the molecule is C[C@@H](O)[C@H](N)C(=O)NC(C(=O)[O-])C(=O)[O-]. The van der Waals surface area contributed by atoms with Crippen LogP contribution < -0.4 is 21.3 Å². The van der Waals surface area contributed by atoms with Crippen molar-refractivity contribution in [3.05, 3.63) is 0 Å². The third-order valence-corrected chi connectivity index (χ3v) is 1.58. The minimum atomic E-state index is -2.29. The van der Waals surface area contributed by atoms with Crippen LogP contribution in [0.4, 0.5) is 0 Å². The van der Waals surface area contributed by atoms with Crippen molar-refractivity contribution in [2.45, 2.75) is 25.1 Å². The molecule has 0 aromatic heterocycles. The predicted octanol–water partition coefficient (Wildman–Crippen LogP) is -5.32. The summed E-state index contributed by atoms with van der Waals surface area (Å²) in [4.78, 5) is 31.5. The summed E-state index contributed by atoms with van der Waals surface area (Å²) in [7, 11) is 0. The van der Waals surface area contributed by atoms with Gasteiger partial charge in [-0.3, -0.25) is 4.79 Å². The Kier molecular flexibility index (Phi) is 4.68. The van der Waals surface area contributed by atoms with Crippen LogP contribution in [0.25, 0.3) is 0 Å². The topological polar surface area (TPSA) is 156 Å². The molecule has 0 aliphatic heterocycles. The van der Waals surface area contributed by atoms with E-state index in [4.69, 9.17) is 10.8 Å². The van der Waals surface area contributed by atoms with Gasteiger partial charge in [-0.2, -0.15) is 0 Å². The molecule has 0 rings (SSSR count). The standard InChI is InChI=1S/C7H12N2O6/c1-2(10)3(8)5(11)9-4(6(12)13)7(14)15/h2-4,10H,8H2,1H3,(H,9,11)(H,12,13)(H,14,15)/p-2/t2-,3+/m1/s1. The van der Waals surface area contributed by atoms with Crippen LogP contribution in [0, 0.1) is 0 Å². The first-order chi connectivity index (χ1) is 6.77. The summed E-state index contributed by atoms with van der Waals surface area (Å²) >= 11 is 0. The highest BCUT2D eigenvalue weighted by atomic mass is 16.4. The number of nitrogens with two attached hydrogens (primary N) is 1. The second-order valence-electron chi connectivity index (χ2n) is 2.85. The van der Waals surface area contributed by atoms with Crippen molar-refractivity contribution in [2.75, 3.05) is 0 Å². The molecule has 2 atom stereocenters. The Morgan fingerprint density at radius 2 is 1.67 bits per heavy atom. The zero-order chi connectivity index (χ0) is 12.2. The Morgan fingerprint density at radius 3 is 1.93 bits per heavy atom. The van der Waals surface area contributed by atoms with Gasteiger partial charge in [0.15, 0.2) is 0 Å². The van der Waals surface area contributed by atoms with E-state index >= 15 is 0 Å². The van der Waals surface area contributed by atoms with Gasteiger partial charge in [-0.05, 0) is 6.92 Å². The summed E-state index contributed by atoms with van der Waals surface area (Å²) in [6, 6.07) is -3.71. The molecule has 0 saturated carbocycles. The molecule has 1 amide bonds. The van der Waals surface area contributed by atoms with Crippen LogP contribution in [0.15, 0.2) is 0 Å². The summed E-state index contributed by atoms with van der Waals surface area (Å²) in [6.07, 6.45) is -1.24. The van der Waals surface area contributed by atoms with Gasteiger partial charge in [0.1, 0.15) is 12.1 Å². The summed E-state index contributed by atoms with van der Waals surface area (Å²) in [5.74, 6) is -5.18. The molecule has 0 aromatic carbocycles. The zero-order valence-electron chi connectivity index (χ0n) is 7.80. The van der Waals surface area contributed by atoms with Crippen molar-refractivity contribution in [2.24, 2.45) is 5.73 Å². The highest BCUT2D eigenvalue weighted by molar-refractivity contribution is 5.99. The molecule has 86 valence electrons. The van der Waals surface area contributed by atoms with Gasteiger partial charge in [0.25, 0.3) is 0 Å². The molecular weight excluding hydrogens is 208 g/mol. The number of carboxylic acids is 2. The average Bonchev–Trinajstić information content (AvgIpc) is 2.11. The Labute approximate surface area is 84.7 Å². The summed E-state index contributed by atoms with van der Waals surface area (Å²) < 4.78 is 0. The van der Waals surface area contributed by atoms with E-state index in [2.05, 4.69) is 0 Å². The van der Waals surface area contributed by atoms with Crippen LogP contribution in [0.3, 0.4) is 0 Å². The second kappa shape index (κ2) is 5.27. The molecule has 4 N–H and O–H groups in total. The molecule has 0 saturated heterocycles. The molecule has 0 aliphatic rings. The minimum absolute atomic E-state index is 1.12.